The summed E-state index contributed by atoms with van der Waals surface area (Å²) in [5, 5.41) is 8.90. The third-order valence-corrected chi connectivity index (χ3v) is 2.90. The van der Waals surface area contributed by atoms with Crippen molar-refractivity contribution in [2.75, 3.05) is 0 Å². The van der Waals surface area contributed by atoms with E-state index < -0.39 is 0 Å². The van der Waals surface area contributed by atoms with Gasteiger partial charge in [0, 0.05) is 10.0 Å². The number of hydrogen-bond donors (Lipinski definition) is 0. The maximum absolute atomic E-state index is 13.6. The van der Waals surface area contributed by atoms with Crippen molar-refractivity contribution in [3.63, 3.8) is 0 Å². The molecule has 0 radical (unpaired) electrons. The molecule has 0 amide bonds. The molecule has 2 aromatic rings. The zero-order valence-electron chi connectivity index (χ0n) is 9.36. The highest BCUT2D eigenvalue weighted by molar-refractivity contribution is 9.10. The Hall–Kier alpha value is -1.86. The molecule has 0 fully saturated rings. The van der Waals surface area contributed by atoms with E-state index in [9.17, 15) is 4.39 Å². The Morgan fingerprint density at radius 2 is 2.00 bits per heavy atom. The molecule has 0 heterocycles. The lowest BCUT2D eigenvalue weighted by atomic mass is 10.2. The quantitative estimate of drug-likeness (QED) is 0.857. The van der Waals surface area contributed by atoms with Crippen LogP contribution in [-0.2, 0) is 6.61 Å². The Morgan fingerprint density at radius 3 is 2.72 bits per heavy atom. The molecular weight excluding hydrogens is 297 g/mol. The molecule has 2 nitrogen and oxygen atoms in total. The fourth-order valence-corrected chi connectivity index (χ4v) is 1.81. The monoisotopic (exact) mass is 305 g/mol. The summed E-state index contributed by atoms with van der Waals surface area (Å²) in [6.45, 7) is 0.0950. The highest BCUT2D eigenvalue weighted by Crippen LogP contribution is 2.20. The van der Waals surface area contributed by atoms with Crippen LogP contribution in [0.5, 0.6) is 5.75 Å². The lowest BCUT2D eigenvalue weighted by molar-refractivity contribution is 0.299. The molecular formula is C14H9BrFNO. The van der Waals surface area contributed by atoms with Crippen LogP contribution in [0.4, 0.5) is 4.39 Å². The van der Waals surface area contributed by atoms with Gasteiger partial charge in [-0.1, -0.05) is 34.1 Å². The molecule has 0 atom stereocenters. The van der Waals surface area contributed by atoms with Crippen LogP contribution in [0, 0.1) is 17.1 Å². The van der Waals surface area contributed by atoms with E-state index in [0.717, 1.165) is 0 Å². The van der Waals surface area contributed by atoms with Crippen molar-refractivity contribution in [3.8, 4) is 11.8 Å². The molecule has 0 bridgehead atoms. The molecule has 0 aliphatic heterocycles. The van der Waals surface area contributed by atoms with Gasteiger partial charge >= 0.3 is 0 Å². The molecule has 0 saturated heterocycles. The maximum atomic E-state index is 13.6. The Kier molecular flexibility index (Phi) is 3.96. The van der Waals surface area contributed by atoms with Gasteiger partial charge in [-0.25, -0.2) is 4.39 Å². The topological polar surface area (TPSA) is 33.0 Å². The van der Waals surface area contributed by atoms with E-state index in [1.165, 1.54) is 6.07 Å². The fraction of sp³-hybridized carbons (Fsp3) is 0.0714. The van der Waals surface area contributed by atoms with Gasteiger partial charge in [-0.05, 0) is 24.3 Å². The van der Waals surface area contributed by atoms with Gasteiger partial charge in [0.1, 0.15) is 24.2 Å². The van der Waals surface area contributed by atoms with Crippen molar-refractivity contribution in [1.29, 1.82) is 5.26 Å². The van der Waals surface area contributed by atoms with Gasteiger partial charge in [-0.3, -0.25) is 0 Å². The average molecular weight is 306 g/mol. The van der Waals surface area contributed by atoms with Crippen LogP contribution in [0.25, 0.3) is 0 Å². The van der Waals surface area contributed by atoms with E-state index in [2.05, 4.69) is 15.9 Å². The Labute approximate surface area is 113 Å². The molecule has 90 valence electrons. The summed E-state index contributed by atoms with van der Waals surface area (Å²) in [5.74, 6) is 0.126. The number of para-hydroxylation sites is 1. The molecule has 0 aliphatic carbocycles. The zero-order valence-corrected chi connectivity index (χ0v) is 10.9. The number of halogens is 2. The van der Waals surface area contributed by atoms with Gasteiger partial charge in [-0.2, -0.15) is 5.26 Å². The van der Waals surface area contributed by atoms with Crippen LogP contribution in [0.2, 0.25) is 0 Å². The highest BCUT2D eigenvalue weighted by atomic mass is 79.9. The molecule has 18 heavy (non-hydrogen) atoms. The molecule has 0 spiro atoms. The highest BCUT2D eigenvalue weighted by Gasteiger charge is 2.06. The lowest BCUT2D eigenvalue weighted by Crippen LogP contribution is -1.99. The standard InChI is InChI=1S/C14H9BrFNO/c15-12-6-5-11(13(16)7-12)9-18-14-4-2-1-3-10(14)8-17/h1-7H,9H2. The number of nitrogens with zero attached hydrogens (tertiary/aromatic N) is 1. The second-order valence-electron chi connectivity index (χ2n) is 3.63. The zero-order chi connectivity index (χ0) is 13.0. The van der Waals surface area contributed by atoms with Gasteiger partial charge < -0.3 is 4.74 Å². The first-order chi connectivity index (χ1) is 8.70. The number of hydrogen-bond acceptors (Lipinski definition) is 2. The third kappa shape index (κ3) is 2.88. The van der Waals surface area contributed by atoms with Gasteiger partial charge in [0.25, 0.3) is 0 Å². The Bertz CT molecular complexity index is 607. The Balaban J connectivity index is 2.14. The normalized spacial score (nSPS) is 9.83. The second kappa shape index (κ2) is 5.65. The lowest BCUT2D eigenvalue weighted by Gasteiger charge is -2.08. The van der Waals surface area contributed by atoms with E-state index in [-0.39, 0.29) is 12.4 Å². The largest absolute Gasteiger partial charge is 0.487 e. The van der Waals surface area contributed by atoms with Gasteiger partial charge in [0.05, 0.1) is 5.56 Å². The van der Waals surface area contributed by atoms with E-state index >= 15 is 0 Å². The summed E-state index contributed by atoms with van der Waals surface area (Å²) < 4.78 is 19.7. The molecule has 2 rings (SSSR count). The average Bonchev–Trinajstić information content (AvgIpc) is 2.38. The molecule has 2 aromatic carbocycles. The van der Waals surface area contributed by atoms with E-state index in [1.807, 2.05) is 6.07 Å². The van der Waals surface area contributed by atoms with E-state index in [1.54, 1.807) is 36.4 Å². The molecule has 4 heteroatoms. The molecule has 0 aromatic heterocycles. The van der Waals surface area contributed by atoms with Crippen molar-refractivity contribution in [2.45, 2.75) is 6.61 Å². The number of nitriles is 1. The minimum absolute atomic E-state index is 0.0950. The van der Waals surface area contributed by atoms with Crippen LogP contribution in [-0.4, -0.2) is 0 Å². The Morgan fingerprint density at radius 1 is 1.22 bits per heavy atom. The van der Waals surface area contributed by atoms with Crippen molar-refractivity contribution < 1.29 is 9.13 Å². The fourth-order valence-electron chi connectivity index (χ4n) is 1.48. The summed E-state index contributed by atoms with van der Waals surface area (Å²) >= 11 is 3.19. The van der Waals surface area contributed by atoms with E-state index in [0.29, 0.717) is 21.3 Å². The first-order valence-electron chi connectivity index (χ1n) is 5.26. The summed E-state index contributed by atoms with van der Waals surface area (Å²) in [5.41, 5.74) is 0.890. The number of ether oxygens (including phenoxy) is 1. The van der Waals surface area contributed by atoms with Crippen LogP contribution >= 0.6 is 15.9 Å². The number of rotatable bonds is 3. The molecule has 0 N–H and O–H groups in total. The van der Waals surface area contributed by atoms with Crippen LogP contribution in [0.3, 0.4) is 0 Å². The summed E-state index contributed by atoms with van der Waals surface area (Å²) in [6, 6.07) is 13.7. The van der Waals surface area contributed by atoms with Crippen LogP contribution in [0.1, 0.15) is 11.1 Å². The third-order valence-electron chi connectivity index (χ3n) is 2.41. The first-order valence-corrected chi connectivity index (χ1v) is 6.06. The smallest absolute Gasteiger partial charge is 0.137 e. The number of benzene rings is 2. The van der Waals surface area contributed by atoms with Crippen molar-refractivity contribution in [1.82, 2.24) is 0 Å². The van der Waals surface area contributed by atoms with Crippen LogP contribution in [0.15, 0.2) is 46.9 Å². The molecule has 0 unspecified atom stereocenters. The maximum Gasteiger partial charge on any atom is 0.137 e. The van der Waals surface area contributed by atoms with Gasteiger partial charge in [-0.15, -0.1) is 0 Å². The van der Waals surface area contributed by atoms with Crippen molar-refractivity contribution >= 4 is 15.9 Å². The predicted octanol–water partition coefficient (Wildman–Crippen LogP) is 4.04. The summed E-state index contributed by atoms with van der Waals surface area (Å²) in [7, 11) is 0. The SMILES string of the molecule is N#Cc1ccccc1OCc1ccc(Br)cc1F. The summed E-state index contributed by atoms with van der Waals surface area (Å²) in [4.78, 5) is 0. The molecule has 0 aliphatic rings. The second-order valence-corrected chi connectivity index (χ2v) is 4.55. The summed E-state index contributed by atoms with van der Waals surface area (Å²) in [6.07, 6.45) is 0. The van der Waals surface area contributed by atoms with Gasteiger partial charge in [0.15, 0.2) is 0 Å². The van der Waals surface area contributed by atoms with Crippen molar-refractivity contribution in [3.05, 3.63) is 63.9 Å². The molecule has 0 saturated carbocycles. The predicted molar refractivity (Wildman–Crippen MR) is 69.6 cm³/mol. The minimum atomic E-state index is -0.334. The van der Waals surface area contributed by atoms with Gasteiger partial charge in [0.2, 0.25) is 0 Å². The first kappa shape index (κ1) is 12.6. The van der Waals surface area contributed by atoms with Crippen molar-refractivity contribution in [2.24, 2.45) is 0 Å². The van der Waals surface area contributed by atoms with E-state index in [4.69, 9.17) is 10.00 Å². The van der Waals surface area contributed by atoms with Crippen LogP contribution < -0.4 is 4.74 Å². The minimum Gasteiger partial charge on any atom is -0.487 e.